The third kappa shape index (κ3) is 2.63. The summed E-state index contributed by atoms with van der Waals surface area (Å²) in [5, 5.41) is 16.7. The molecular weight excluding hydrogens is 360 g/mol. The third-order valence-corrected chi connectivity index (χ3v) is 6.94. The van der Waals surface area contributed by atoms with E-state index in [4.69, 9.17) is 9.40 Å². The highest BCUT2D eigenvalue weighted by molar-refractivity contribution is 7.13. The van der Waals surface area contributed by atoms with Crippen molar-refractivity contribution >= 4 is 28.5 Å². The molecule has 2 fully saturated rings. The smallest absolute Gasteiger partial charge is 0.298 e. The van der Waals surface area contributed by atoms with Crippen LogP contribution < -0.4 is 10.2 Å². The number of anilines is 1. The van der Waals surface area contributed by atoms with E-state index >= 15 is 0 Å². The molecule has 6 nitrogen and oxygen atoms in total. The molecule has 0 aliphatic carbocycles. The van der Waals surface area contributed by atoms with Crippen LogP contribution in [-0.4, -0.2) is 39.7 Å². The Bertz CT molecular complexity index is 991. The topological polar surface area (TPSA) is 74.4 Å². The number of hydrogen-bond acceptors (Lipinski definition) is 7. The molecule has 142 valence electrons. The maximum atomic E-state index is 10.1. The predicted octanol–water partition coefficient (Wildman–Crippen LogP) is 4.01. The second kappa shape index (κ2) is 5.69. The lowest BCUT2D eigenvalue weighted by atomic mass is 9.72. The Kier molecular flexibility index (Phi) is 3.58. The van der Waals surface area contributed by atoms with Crippen LogP contribution in [0.15, 0.2) is 28.1 Å². The van der Waals surface area contributed by atoms with Gasteiger partial charge in [-0.1, -0.05) is 20.8 Å². The van der Waals surface area contributed by atoms with Crippen LogP contribution in [0.1, 0.15) is 33.6 Å². The quantitative estimate of drug-likeness (QED) is 0.695. The van der Waals surface area contributed by atoms with Crippen LogP contribution in [0.25, 0.3) is 21.7 Å². The zero-order chi connectivity index (χ0) is 18.8. The molecule has 2 bridgehead atoms. The maximum absolute atomic E-state index is 10.1. The number of nitrogens with one attached hydrogen (secondary N) is 1. The number of piperazine rings is 1. The minimum absolute atomic E-state index is 0.0663. The first kappa shape index (κ1) is 17.0. The van der Waals surface area contributed by atoms with Crippen molar-refractivity contribution in [1.29, 1.82) is 0 Å². The largest absolute Gasteiger partial charge is 0.508 e. The number of oxazole rings is 1. The van der Waals surface area contributed by atoms with Gasteiger partial charge in [0.2, 0.25) is 0 Å². The number of nitrogens with zero attached hydrogens (tertiary/aromatic N) is 3. The summed E-state index contributed by atoms with van der Waals surface area (Å²) < 4.78 is 6.24. The number of phenols is 1. The van der Waals surface area contributed by atoms with E-state index in [1.54, 1.807) is 18.3 Å². The van der Waals surface area contributed by atoms with E-state index in [2.05, 4.69) is 36.0 Å². The van der Waals surface area contributed by atoms with Crippen molar-refractivity contribution in [3.05, 3.63) is 23.7 Å². The van der Waals surface area contributed by atoms with E-state index < -0.39 is 0 Å². The van der Waals surface area contributed by atoms with Crippen LogP contribution >= 0.6 is 11.3 Å². The van der Waals surface area contributed by atoms with Gasteiger partial charge in [-0.15, -0.1) is 11.3 Å². The third-order valence-electron chi connectivity index (χ3n) is 6.13. The molecule has 0 radical (unpaired) electrons. The first-order chi connectivity index (χ1) is 12.8. The average molecular weight is 385 g/mol. The van der Waals surface area contributed by atoms with Gasteiger partial charge in [-0.05, 0) is 24.3 Å². The fourth-order valence-corrected chi connectivity index (χ4v) is 5.16. The minimum Gasteiger partial charge on any atom is -0.508 e. The highest BCUT2D eigenvalue weighted by Gasteiger charge is 2.52. The Balaban J connectivity index is 1.57. The number of aromatic hydroxyl groups is 1. The van der Waals surface area contributed by atoms with Gasteiger partial charge in [0.1, 0.15) is 16.3 Å². The highest BCUT2D eigenvalue weighted by Crippen LogP contribution is 2.44. The Morgan fingerprint density at radius 2 is 2.22 bits per heavy atom. The summed E-state index contributed by atoms with van der Waals surface area (Å²) in [6.45, 7) is 8.67. The molecule has 27 heavy (non-hydrogen) atoms. The van der Waals surface area contributed by atoms with E-state index in [0.29, 0.717) is 23.2 Å². The summed E-state index contributed by atoms with van der Waals surface area (Å²) >= 11 is 1.52. The van der Waals surface area contributed by atoms with Gasteiger partial charge >= 0.3 is 0 Å². The number of rotatable bonds is 2. The molecule has 1 aromatic carbocycles. The monoisotopic (exact) mass is 384 g/mol. The normalized spacial score (nSPS) is 25.4. The second-order valence-electron chi connectivity index (χ2n) is 8.77. The van der Waals surface area contributed by atoms with Gasteiger partial charge in [-0.3, -0.25) is 0 Å². The van der Waals surface area contributed by atoms with Crippen molar-refractivity contribution in [1.82, 2.24) is 15.3 Å². The van der Waals surface area contributed by atoms with Crippen molar-refractivity contribution in [3.63, 3.8) is 0 Å². The van der Waals surface area contributed by atoms with Gasteiger partial charge in [0, 0.05) is 42.3 Å². The Labute approximate surface area is 162 Å². The molecule has 0 amide bonds. The molecule has 2 unspecified atom stereocenters. The molecule has 2 aliphatic heterocycles. The standard InChI is InChI=1S/C20H24N4O2S/c1-19(2,3)20-5-4-12(23-20)10-24(11-20)18-22-15-9-13(25)8-14(16(15)26-18)17-21-6-7-27-17/h6-9,12,23,25H,4-5,10-11H2,1-3H3. The van der Waals surface area contributed by atoms with Gasteiger partial charge < -0.3 is 19.7 Å². The molecule has 2 saturated heterocycles. The number of hydrogen-bond donors (Lipinski definition) is 2. The van der Waals surface area contributed by atoms with E-state index in [1.807, 2.05) is 5.38 Å². The summed E-state index contributed by atoms with van der Waals surface area (Å²) in [5.41, 5.74) is 2.37. The van der Waals surface area contributed by atoms with Crippen molar-refractivity contribution in [2.24, 2.45) is 5.41 Å². The van der Waals surface area contributed by atoms with Crippen molar-refractivity contribution in [2.45, 2.75) is 45.2 Å². The predicted molar refractivity (Wildman–Crippen MR) is 107 cm³/mol. The summed E-state index contributed by atoms with van der Waals surface area (Å²) in [6, 6.07) is 4.46. The van der Waals surface area contributed by atoms with E-state index in [0.717, 1.165) is 23.7 Å². The van der Waals surface area contributed by atoms with Crippen LogP contribution in [0.3, 0.4) is 0 Å². The summed E-state index contributed by atoms with van der Waals surface area (Å²) in [6.07, 6.45) is 4.11. The first-order valence-electron chi connectivity index (χ1n) is 9.41. The molecule has 0 spiro atoms. The summed E-state index contributed by atoms with van der Waals surface area (Å²) in [5.74, 6) is 0.180. The van der Waals surface area contributed by atoms with Crippen molar-refractivity contribution in [2.75, 3.05) is 18.0 Å². The fraction of sp³-hybridized carbons (Fsp3) is 0.500. The SMILES string of the molecule is CC(C)(C)C12CCC(CN(c3nc4cc(O)cc(-c5nccs5)c4o3)C1)N2. The number of phenolic OH excluding ortho intramolecular Hbond substituents is 1. The molecule has 5 rings (SSSR count). The zero-order valence-corrected chi connectivity index (χ0v) is 16.6. The van der Waals surface area contributed by atoms with Gasteiger partial charge in [-0.2, -0.15) is 4.98 Å². The zero-order valence-electron chi connectivity index (χ0n) is 15.8. The molecule has 7 heteroatoms. The molecule has 3 aromatic rings. The maximum Gasteiger partial charge on any atom is 0.298 e. The molecular formula is C20H24N4O2S. The molecule has 4 heterocycles. The number of aromatic nitrogens is 2. The highest BCUT2D eigenvalue weighted by atomic mass is 32.1. The van der Waals surface area contributed by atoms with E-state index in [-0.39, 0.29) is 16.7 Å². The van der Waals surface area contributed by atoms with Crippen LogP contribution in [0.5, 0.6) is 5.75 Å². The fourth-order valence-electron chi connectivity index (χ4n) is 4.50. The Morgan fingerprint density at radius 3 is 2.96 bits per heavy atom. The molecule has 2 aromatic heterocycles. The van der Waals surface area contributed by atoms with Gasteiger partial charge in [-0.25, -0.2) is 4.98 Å². The number of fused-ring (bicyclic) bond motifs is 3. The lowest BCUT2D eigenvalue weighted by molar-refractivity contribution is 0.143. The van der Waals surface area contributed by atoms with Gasteiger partial charge in [0.15, 0.2) is 5.58 Å². The van der Waals surface area contributed by atoms with Crippen LogP contribution in [0.2, 0.25) is 0 Å². The molecule has 0 saturated carbocycles. The molecule has 2 aliphatic rings. The van der Waals surface area contributed by atoms with Crippen molar-refractivity contribution < 1.29 is 9.52 Å². The molecule has 2 atom stereocenters. The average Bonchev–Trinajstić information content (AvgIpc) is 3.32. The Hall–Kier alpha value is -2.12. The van der Waals surface area contributed by atoms with Crippen LogP contribution in [0.4, 0.5) is 6.01 Å². The van der Waals surface area contributed by atoms with Crippen molar-refractivity contribution in [3.8, 4) is 16.3 Å². The van der Waals surface area contributed by atoms with Gasteiger partial charge in [0.25, 0.3) is 6.01 Å². The van der Waals surface area contributed by atoms with E-state index in [1.165, 1.54) is 24.2 Å². The molecule has 2 N–H and O–H groups in total. The summed E-state index contributed by atoms with van der Waals surface area (Å²) in [4.78, 5) is 11.4. The van der Waals surface area contributed by atoms with E-state index in [9.17, 15) is 5.11 Å². The minimum atomic E-state index is 0.0663. The number of thiazole rings is 1. The lowest BCUT2D eigenvalue weighted by Crippen LogP contribution is -2.65. The van der Waals surface area contributed by atoms with Crippen LogP contribution in [0, 0.1) is 5.41 Å². The summed E-state index contributed by atoms with van der Waals surface area (Å²) in [7, 11) is 0. The Morgan fingerprint density at radius 1 is 1.37 bits per heavy atom. The number of benzene rings is 1. The van der Waals surface area contributed by atoms with Crippen LogP contribution in [-0.2, 0) is 0 Å². The first-order valence-corrected chi connectivity index (χ1v) is 10.3. The van der Waals surface area contributed by atoms with Gasteiger partial charge in [0.05, 0.1) is 5.56 Å². The lowest BCUT2D eigenvalue weighted by Gasteiger charge is -2.48. The second-order valence-corrected chi connectivity index (χ2v) is 9.66.